The lowest BCUT2D eigenvalue weighted by molar-refractivity contribution is 0.0742. The van der Waals surface area contributed by atoms with Gasteiger partial charge < -0.3 is 9.80 Å². The van der Waals surface area contributed by atoms with Gasteiger partial charge in [0.05, 0.1) is 5.56 Å². The average molecular weight is 425 g/mol. The summed E-state index contributed by atoms with van der Waals surface area (Å²) in [5.74, 6) is 0.755. The highest BCUT2D eigenvalue weighted by Crippen LogP contribution is 2.26. The molecule has 0 unspecified atom stereocenters. The smallest absolute Gasteiger partial charge is 0.256 e. The van der Waals surface area contributed by atoms with Crippen molar-refractivity contribution in [2.75, 3.05) is 31.1 Å². The van der Waals surface area contributed by atoms with Crippen molar-refractivity contribution in [2.45, 2.75) is 13.8 Å². The molecular formula is C23H22ClFN4O. The first kappa shape index (κ1) is 20.3. The highest BCUT2D eigenvalue weighted by Gasteiger charge is 2.26. The van der Waals surface area contributed by atoms with Crippen molar-refractivity contribution in [2.24, 2.45) is 0 Å². The Morgan fingerprint density at radius 2 is 1.63 bits per heavy atom. The number of aryl methyl sites for hydroxylation is 1. The third kappa shape index (κ3) is 4.00. The zero-order valence-corrected chi connectivity index (χ0v) is 17.7. The third-order valence-electron chi connectivity index (χ3n) is 5.44. The summed E-state index contributed by atoms with van der Waals surface area (Å²) in [4.78, 5) is 26.0. The number of hydrogen-bond donors (Lipinski definition) is 0. The Morgan fingerprint density at radius 1 is 0.967 bits per heavy atom. The second kappa shape index (κ2) is 8.40. The number of anilines is 1. The summed E-state index contributed by atoms with van der Waals surface area (Å²) < 4.78 is 14.0. The monoisotopic (exact) mass is 424 g/mol. The van der Waals surface area contributed by atoms with E-state index in [1.165, 1.54) is 12.1 Å². The van der Waals surface area contributed by atoms with Gasteiger partial charge >= 0.3 is 0 Å². The fourth-order valence-corrected chi connectivity index (χ4v) is 3.70. The molecule has 7 heteroatoms. The fourth-order valence-electron chi connectivity index (χ4n) is 3.58. The highest BCUT2D eigenvalue weighted by molar-refractivity contribution is 6.30. The lowest BCUT2D eigenvalue weighted by Gasteiger charge is -2.36. The molecule has 2 aromatic carbocycles. The van der Waals surface area contributed by atoms with Gasteiger partial charge in [-0.2, -0.15) is 0 Å². The molecule has 30 heavy (non-hydrogen) atoms. The molecule has 1 amide bonds. The van der Waals surface area contributed by atoms with Crippen LogP contribution in [0.3, 0.4) is 0 Å². The molecule has 1 fully saturated rings. The number of benzene rings is 2. The molecule has 2 heterocycles. The van der Waals surface area contributed by atoms with E-state index in [0.717, 1.165) is 22.6 Å². The lowest BCUT2D eigenvalue weighted by atomic mass is 10.1. The van der Waals surface area contributed by atoms with Crippen LogP contribution in [0.1, 0.15) is 21.6 Å². The van der Waals surface area contributed by atoms with Gasteiger partial charge in [-0.1, -0.05) is 23.7 Å². The molecule has 0 radical (unpaired) electrons. The maximum Gasteiger partial charge on any atom is 0.256 e. The SMILES string of the molecule is Cc1nc(-c2ccc(Cl)cc2)nc(N2CCN(C(=O)c3ccccc3F)CC2)c1C. The third-order valence-corrected chi connectivity index (χ3v) is 5.69. The summed E-state index contributed by atoms with van der Waals surface area (Å²) in [5, 5.41) is 0.665. The molecule has 0 aliphatic carbocycles. The average Bonchev–Trinajstić information content (AvgIpc) is 2.76. The molecule has 0 saturated carbocycles. The van der Waals surface area contributed by atoms with Gasteiger partial charge in [0.25, 0.3) is 5.91 Å². The molecule has 3 aromatic rings. The van der Waals surface area contributed by atoms with Gasteiger partial charge in [0.15, 0.2) is 5.82 Å². The number of nitrogens with zero attached hydrogens (tertiary/aromatic N) is 4. The molecule has 1 aromatic heterocycles. The van der Waals surface area contributed by atoms with Crippen LogP contribution < -0.4 is 4.90 Å². The van der Waals surface area contributed by atoms with E-state index in [0.29, 0.717) is 37.0 Å². The van der Waals surface area contributed by atoms with Gasteiger partial charge in [-0.25, -0.2) is 14.4 Å². The molecule has 0 bridgehead atoms. The Hall–Kier alpha value is -2.99. The Kier molecular flexibility index (Phi) is 5.68. The molecule has 4 rings (SSSR count). The number of aromatic nitrogens is 2. The number of rotatable bonds is 3. The minimum absolute atomic E-state index is 0.116. The Morgan fingerprint density at radius 3 is 2.30 bits per heavy atom. The predicted octanol–water partition coefficient (Wildman–Crippen LogP) is 4.52. The van der Waals surface area contributed by atoms with E-state index in [2.05, 4.69) is 9.88 Å². The van der Waals surface area contributed by atoms with E-state index in [4.69, 9.17) is 16.6 Å². The van der Waals surface area contributed by atoms with Crippen molar-refractivity contribution in [3.8, 4) is 11.4 Å². The molecule has 0 N–H and O–H groups in total. The highest BCUT2D eigenvalue weighted by atomic mass is 35.5. The van der Waals surface area contributed by atoms with E-state index < -0.39 is 5.82 Å². The van der Waals surface area contributed by atoms with Gasteiger partial charge in [-0.15, -0.1) is 0 Å². The van der Waals surface area contributed by atoms with Gasteiger partial charge in [0.1, 0.15) is 11.6 Å². The van der Waals surface area contributed by atoms with E-state index in [1.807, 2.05) is 38.1 Å². The van der Waals surface area contributed by atoms with Crippen LogP contribution in [0.4, 0.5) is 10.2 Å². The molecule has 1 aliphatic rings. The topological polar surface area (TPSA) is 49.3 Å². The number of hydrogen-bond acceptors (Lipinski definition) is 4. The van der Waals surface area contributed by atoms with Crippen LogP contribution in [0.25, 0.3) is 11.4 Å². The first-order valence-electron chi connectivity index (χ1n) is 9.84. The predicted molar refractivity (Wildman–Crippen MR) is 116 cm³/mol. The lowest BCUT2D eigenvalue weighted by Crippen LogP contribution is -2.49. The van der Waals surface area contributed by atoms with Crippen LogP contribution >= 0.6 is 11.6 Å². The van der Waals surface area contributed by atoms with Crippen molar-refractivity contribution < 1.29 is 9.18 Å². The molecule has 5 nitrogen and oxygen atoms in total. The van der Waals surface area contributed by atoms with Crippen molar-refractivity contribution in [1.82, 2.24) is 14.9 Å². The van der Waals surface area contributed by atoms with Crippen LogP contribution in [0, 0.1) is 19.7 Å². The molecule has 1 saturated heterocycles. The van der Waals surface area contributed by atoms with Crippen molar-refractivity contribution in [3.63, 3.8) is 0 Å². The maximum absolute atomic E-state index is 14.0. The Labute approximate surface area is 180 Å². The van der Waals surface area contributed by atoms with Gasteiger partial charge in [-0.3, -0.25) is 4.79 Å². The normalized spacial score (nSPS) is 14.1. The van der Waals surface area contributed by atoms with E-state index in [-0.39, 0.29) is 11.5 Å². The van der Waals surface area contributed by atoms with Gasteiger partial charge in [0.2, 0.25) is 0 Å². The molecule has 1 aliphatic heterocycles. The summed E-state index contributed by atoms with van der Waals surface area (Å²) in [6, 6.07) is 13.6. The minimum Gasteiger partial charge on any atom is -0.353 e. The van der Waals surface area contributed by atoms with Crippen LogP contribution in [0.2, 0.25) is 5.02 Å². The quantitative estimate of drug-likeness (QED) is 0.620. The molecular weight excluding hydrogens is 403 g/mol. The number of carbonyl (C=O) groups is 1. The van der Waals surface area contributed by atoms with Crippen LogP contribution in [-0.2, 0) is 0 Å². The van der Waals surface area contributed by atoms with E-state index in [9.17, 15) is 9.18 Å². The van der Waals surface area contributed by atoms with Crippen LogP contribution in [0.5, 0.6) is 0 Å². The second-order valence-corrected chi connectivity index (χ2v) is 7.78. The summed E-state index contributed by atoms with van der Waals surface area (Å²) in [6.07, 6.45) is 0. The summed E-state index contributed by atoms with van der Waals surface area (Å²) in [5.41, 5.74) is 2.94. The van der Waals surface area contributed by atoms with Crippen LogP contribution in [0.15, 0.2) is 48.5 Å². The number of carbonyl (C=O) groups excluding carboxylic acids is 1. The van der Waals surface area contributed by atoms with Crippen LogP contribution in [-0.4, -0.2) is 47.0 Å². The number of amides is 1. The standard InChI is InChI=1S/C23H22ClFN4O/c1-15-16(2)26-21(17-7-9-18(24)10-8-17)27-22(15)28-11-13-29(14-12-28)23(30)19-5-3-4-6-20(19)25/h3-10H,11-14H2,1-2H3. The Bertz CT molecular complexity index is 1080. The summed E-state index contributed by atoms with van der Waals surface area (Å²) >= 11 is 6.00. The second-order valence-electron chi connectivity index (χ2n) is 7.35. The largest absolute Gasteiger partial charge is 0.353 e. The van der Waals surface area contributed by atoms with Gasteiger partial charge in [-0.05, 0) is 50.2 Å². The Balaban J connectivity index is 1.54. The first-order valence-corrected chi connectivity index (χ1v) is 10.2. The van der Waals surface area contributed by atoms with Crippen molar-refractivity contribution in [3.05, 3.63) is 76.2 Å². The van der Waals surface area contributed by atoms with Crippen molar-refractivity contribution in [1.29, 1.82) is 0 Å². The number of halogens is 2. The fraction of sp³-hybridized carbons (Fsp3) is 0.261. The summed E-state index contributed by atoms with van der Waals surface area (Å²) in [7, 11) is 0. The number of piperazine rings is 1. The first-order chi connectivity index (χ1) is 14.4. The zero-order valence-electron chi connectivity index (χ0n) is 16.9. The molecule has 154 valence electrons. The minimum atomic E-state index is -0.486. The maximum atomic E-state index is 14.0. The molecule has 0 spiro atoms. The zero-order chi connectivity index (χ0) is 21.3. The summed E-state index contributed by atoms with van der Waals surface area (Å²) in [6.45, 7) is 6.23. The van der Waals surface area contributed by atoms with E-state index in [1.54, 1.807) is 17.0 Å². The van der Waals surface area contributed by atoms with Crippen molar-refractivity contribution >= 4 is 23.3 Å². The van der Waals surface area contributed by atoms with E-state index >= 15 is 0 Å². The van der Waals surface area contributed by atoms with Gasteiger partial charge in [0, 0.05) is 48.0 Å². The molecule has 0 atom stereocenters.